The lowest BCUT2D eigenvalue weighted by Crippen LogP contribution is -2.11. The number of esters is 1. The van der Waals surface area contributed by atoms with Gasteiger partial charge >= 0.3 is 5.97 Å². The second-order valence-electron chi connectivity index (χ2n) is 4.15. The van der Waals surface area contributed by atoms with E-state index < -0.39 is 5.97 Å². The van der Waals surface area contributed by atoms with Gasteiger partial charge in [-0.05, 0) is 20.3 Å². The van der Waals surface area contributed by atoms with Crippen LogP contribution in [0.5, 0.6) is 0 Å². The molecule has 0 aromatic carbocycles. The van der Waals surface area contributed by atoms with Gasteiger partial charge in [-0.3, -0.25) is 0 Å². The molecule has 0 fully saturated rings. The third-order valence-electron chi connectivity index (χ3n) is 2.73. The predicted octanol–water partition coefficient (Wildman–Crippen LogP) is 1.65. The fraction of sp³-hybridized carbons (Fsp3) is 0.500. The molecule has 0 aliphatic rings. The molecular formula is C12H16N4O3. The summed E-state index contributed by atoms with van der Waals surface area (Å²) < 4.78 is 12.1. The normalized spacial score (nSPS) is 10.7. The number of carbonyl (C=O) groups excluding carboxylic acids is 1. The van der Waals surface area contributed by atoms with Gasteiger partial charge in [0, 0.05) is 6.54 Å². The predicted molar refractivity (Wildman–Crippen MR) is 65.4 cm³/mol. The maximum Gasteiger partial charge on any atom is 0.361 e. The fourth-order valence-electron chi connectivity index (χ4n) is 1.75. The zero-order chi connectivity index (χ0) is 13.8. The number of hydrogen-bond acceptors (Lipinski definition) is 6. The summed E-state index contributed by atoms with van der Waals surface area (Å²) in [5, 5.41) is 7.98. The maximum atomic E-state index is 11.8. The van der Waals surface area contributed by atoms with Gasteiger partial charge in [0.05, 0.1) is 0 Å². The van der Waals surface area contributed by atoms with E-state index in [9.17, 15) is 4.79 Å². The fourth-order valence-corrected chi connectivity index (χ4v) is 1.75. The second-order valence-corrected chi connectivity index (χ2v) is 4.15. The number of ether oxygens (including phenoxy) is 1. The highest BCUT2D eigenvalue weighted by Crippen LogP contribution is 2.09. The smallest absolute Gasteiger partial charge is 0.361 e. The van der Waals surface area contributed by atoms with Crippen LogP contribution >= 0.6 is 0 Å². The van der Waals surface area contributed by atoms with E-state index in [0.717, 1.165) is 18.8 Å². The monoisotopic (exact) mass is 264 g/mol. The van der Waals surface area contributed by atoms with Gasteiger partial charge in [-0.1, -0.05) is 6.92 Å². The standard InChI is InChI=1S/C12H16N4O3/c1-4-5-16-9(3)14-15-10(16)6-18-12(17)11-8(2)19-7-13-11/h7H,4-6H2,1-3H3. The zero-order valence-corrected chi connectivity index (χ0v) is 11.2. The topological polar surface area (TPSA) is 83.0 Å². The number of aryl methyl sites for hydroxylation is 2. The molecule has 0 aliphatic carbocycles. The average molecular weight is 264 g/mol. The number of nitrogens with zero attached hydrogens (tertiary/aromatic N) is 4. The summed E-state index contributed by atoms with van der Waals surface area (Å²) in [7, 11) is 0. The van der Waals surface area contributed by atoms with Crippen molar-refractivity contribution in [1.29, 1.82) is 0 Å². The van der Waals surface area contributed by atoms with Crippen LogP contribution in [0.3, 0.4) is 0 Å². The van der Waals surface area contributed by atoms with Crippen molar-refractivity contribution in [2.24, 2.45) is 0 Å². The van der Waals surface area contributed by atoms with Gasteiger partial charge in [0.25, 0.3) is 0 Å². The molecule has 19 heavy (non-hydrogen) atoms. The molecule has 2 heterocycles. The molecule has 0 amide bonds. The van der Waals surface area contributed by atoms with E-state index in [1.165, 1.54) is 6.39 Å². The van der Waals surface area contributed by atoms with Crippen LogP contribution < -0.4 is 0 Å². The average Bonchev–Trinajstić information content (AvgIpc) is 2.95. The van der Waals surface area contributed by atoms with E-state index in [4.69, 9.17) is 9.15 Å². The summed E-state index contributed by atoms with van der Waals surface area (Å²) in [4.78, 5) is 15.6. The molecule has 0 saturated carbocycles. The Morgan fingerprint density at radius 2 is 2.21 bits per heavy atom. The van der Waals surface area contributed by atoms with Crippen molar-refractivity contribution in [3.05, 3.63) is 29.5 Å². The first-order chi connectivity index (χ1) is 9.13. The summed E-state index contributed by atoms with van der Waals surface area (Å²) >= 11 is 0. The lowest BCUT2D eigenvalue weighted by molar-refractivity contribution is 0.0449. The van der Waals surface area contributed by atoms with Crippen LogP contribution in [0.4, 0.5) is 0 Å². The molecule has 0 N–H and O–H groups in total. The van der Waals surface area contributed by atoms with Crippen molar-refractivity contribution < 1.29 is 13.9 Å². The van der Waals surface area contributed by atoms with E-state index in [-0.39, 0.29) is 12.3 Å². The van der Waals surface area contributed by atoms with Crippen LogP contribution in [0, 0.1) is 13.8 Å². The highest BCUT2D eigenvalue weighted by atomic mass is 16.5. The molecule has 0 spiro atoms. The van der Waals surface area contributed by atoms with E-state index in [2.05, 4.69) is 22.1 Å². The van der Waals surface area contributed by atoms with Crippen molar-refractivity contribution in [1.82, 2.24) is 19.7 Å². The Balaban J connectivity index is 2.03. The molecule has 0 saturated heterocycles. The second kappa shape index (κ2) is 5.64. The van der Waals surface area contributed by atoms with Crippen molar-refractivity contribution >= 4 is 5.97 Å². The molecule has 0 bridgehead atoms. The third-order valence-corrected chi connectivity index (χ3v) is 2.73. The third kappa shape index (κ3) is 2.81. The van der Waals surface area contributed by atoms with Gasteiger partial charge in [-0.25, -0.2) is 9.78 Å². The molecule has 2 aromatic heterocycles. The van der Waals surface area contributed by atoms with E-state index in [0.29, 0.717) is 11.6 Å². The minimum atomic E-state index is -0.519. The van der Waals surface area contributed by atoms with Crippen LogP contribution in [-0.4, -0.2) is 25.7 Å². The van der Waals surface area contributed by atoms with Gasteiger partial charge in [0.1, 0.15) is 11.6 Å². The first-order valence-corrected chi connectivity index (χ1v) is 6.09. The van der Waals surface area contributed by atoms with Crippen LogP contribution in [0.25, 0.3) is 0 Å². The highest BCUT2D eigenvalue weighted by Gasteiger charge is 2.17. The Kier molecular flexibility index (Phi) is 3.94. The summed E-state index contributed by atoms with van der Waals surface area (Å²) in [5.41, 5.74) is 0.193. The van der Waals surface area contributed by atoms with E-state index in [1.807, 2.05) is 11.5 Å². The van der Waals surface area contributed by atoms with Gasteiger partial charge in [0.2, 0.25) is 0 Å². The molecule has 7 nitrogen and oxygen atoms in total. The minimum Gasteiger partial charge on any atom is -0.453 e. The summed E-state index contributed by atoms with van der Waals surface area (Å²) in [5.74, 6) is 1.37. The maximum absolute atomic E-state index is 11.8. The number of aromatic nitrogens is 4. The molecule has 102 valence electrons. The largest absolute Gasteiger partial charge is 0.453 e. The number of carbonyl (C=O) groups is 1. The van der Waals surface area contributed by atoms with E-state index >= 15 is 0 Å². The molecule has 2 rings (SSSR count). The highest BCUT2D eigenvalue weighted by molar-refractivity contribution is 5.88. The Morgan fingerprint density at radius 3 is 2.84 bits per heavy atom. The number of hydrogen-bond donors (Lipinski definition) is 0. The molecule has 2 aromatic rings. The summed E-state index contributed by atoms with van der Waals surface area (Å²) in [6.07, 6.45) is 2.18. The minimum absolute atomic E-state index is 0.0754. The lowest BCUT2D eigenvalue weighted by Gasteiger charge is -2.07. The molecule has 0 aliphatic heterocycles. The summed E-state index contributed by atoms with van der Waals surface area (Å²) in [6, 6.07) is 0. The van der Waals surface area contributed by atoms with E-state index in [1.54, 1.807) is 6.92 Å². The number of oxazole rings is 1. The van der Waals surface area contributed by atoms with Crippen LogP contribution in [0.15, 0.2) is 10.8 Å². The van der Waals surface area contributed by atoms with Crippen molar-refractivity contribution in [2.75, 3.05) is 0 Å². The lowest BCUT2D eigenvalue weighted by atomic mass is 10.4. The van der Waals surface area contributed by atoms with Crippen LogP contribution in [-0.2, 0) is 17.9 Å². The van der Waals surface area contributed by atoms with Crippen LogP contribution in [0.1, 0.15) is 41.2 Å². The van der Waals surface area contributed by atoms with Gasteiger partial charge in [-0.15, -0.1) is 10.2 Å². The molecule has 0 atom stereocenters. The zero-order valence-electron chi connectivity index (χ0n) is 11.2. The molecule has 7 heteroatoms. The SMILES string of the molecule is CCCn1c(C)nnc1COC(=O)c1ncoc1C. The number of rotatable bonds is 5. The molecular weight excluding hydrogens is 248 g/mol. The van der Waals surface area contributed by atoms with Crippen molar-refractivity contribution in [3.8, 4) is 0 Å². The Bertz CT molecular complexity index is 573. The Labute approximate surface area is 110 Å². The molecule has 0 radical (unpaired) electrons. The molecule has 0 unspecified atom stereocenters. The quantitative estimate of drug-likeness (QED) is 0.763. The van der Waals surface area contributed by atoms with Crippen LogP contribution in [0.2, 0.25) is 0 Å². The van der Waals surface area contributed by atoms with Gasteiger partial charge < -0.3 is 13.7 Å². The van der Waals surface area contributed by atoms with Crippen molar-refractivity contribution in [2.45, 2.75) is 40.3 Å². The summed E-state index contributed by atoms with van der Waals surface area (Å²) in [6.45, 7) is 6.47. The first-order valence-electron chi connectivity index (χ1n) is 6.09. The Morgan fingerprint density at radius 1 is 1.42 bits per heavy atom. The van der Waals surface area contributed by atoms with Gasteiger partial charge in [-0.2, -0.15) is 0 Å². The Hall–Kier alpha value is -2.18. The van der Waals surface area contributed by atoms with Gasteiger partial charge in [0.15, 0.2) is 24.5 Å². The first kappa shape index (κ1) is 13.3. The van der Waals surface area contributed by atoms with Crippen molar-refractivity contribution in [3.63, 3.8) is 0 Å².